The fraction of sp³-hybridized carbons (Fsp3) is 0.500. The van der Waals surface area contributed by atoms with Crippen LogP contribution in [0.5, 0.6) is 0 Å². The Kier molecular flexibility index (Phi) is 7.01. The minimum Gasteiger partial charge on any atom is -0.377 e. The van der Waals surface area contributed by atoms with Gasteiger partial charge in [-0.3, -0.25) is 4.99 Å². The highest BCUT2D eigenvalue weighted by molar-refractivity contribution is 7.90. The summed E-state index contributed by atoms with van der Waals surface area (Å²) >= 11 is 0. The van der Waals surface area contributed by atoms with Crippen LogP contribution in [0.15, 0.2) is 39.7 Å². The quantitative estimate of drug-likeness (QED) is 0.456. The van der Waals surface area contributed by atoms with Crippen LogP contribution in [0.1, 0.15) is 24.0 Å². The Morgan fingerprint density at radius 3 is 2.72 bits per heavy atom. The molecule has 0 aromatic heterocycles. The lowest BCUT2D eigenvalue weighted by Crippen LogP contribution is -2.37. The van der Waals surface area contributed by atoms with E-state index < -0.39 is 9.84 Å². The minimum atomic E-state index is -3.18. The molecule has 0 unspecified atom stereocenters. The van der Waals surface area contributed by atoms with Crippen molar-refractivity contribution in [3.8, 4) is 0 Å². The molecule has 1 aromatic rings. The standard InChI is InChI=1S/C18H27N3O3S/c1-14-12-16(4-5-17(14)25(3,22)23)13-21-18(19-2)20-9-6-15-7-10-24-11-8-15/h4-5,7,12H,6,8-11,13H2,1-3H3,(H2,19,20,21). The number of sulfone groups is 1. The molecule has 1 aliphatic heterocycles. The summed E-state index contributed by atoms with van der Waals surface area (Å²) in [5.74, 6) is 0.734. The average Bonchev–Trinajstić information content (AvgIpc) is 2.57. The summed E-state index contributed by atoms with van der Waals surface area (Å²) in [6.45, 7) is 4.74. The first-order valence-corrected chi connectivity index (χ1v) is 10.3. The molecule has 0 radical (unpaired) electrons. The van der Waals surface area contributed by atoms with Gasteiger partial charge in [0.05, 0.1) is 18.1 Å². The van der Waals surface area contributed by atoms with Crippen LogP contribution in [0.25, 0.3) is 0 Å². The van der Waals surface area contributed by atoms with Crippen LogP contribution in [0.2, 0.25) is 0 Å². The molecule has 1 heterocycles. The van der Waals surface area contributed by atoms with Gasteiger partial charge in [0.15, 0.2) is 15.8 Å². The molecule has 1 aliphatic rings. The molecule has 1 aromatic carbocycles. The van der Waals surface area contributed by atoms with Crippen LogP contribution >= 0.6 is 0 Å². The number of ether oxygens (including phenoxy) is 1. The van der Waals surface area contributed by atoms with Crippen molar-refractivity contribution in [3.05, 3.63) is 41.0 Å². The number of nitrogens with zero attached hydrogens (tertiary/aromatic N) is 1. The summed E-state index contributed by atoms with van der Waals surface area (Å²) in [6, 6.07) is 5.38. The van der Waals surface area contributed by atoms with Gasteiger partial charge in [-0.25, -0.2) is 8.42 Å². The SMILES string of the molecule is CN=C(NCCC1=CCOCC1)NCc1ccc(S(C)(=O)=O)c(C)c1. The predicted molar refractivity (Wildman–Crippen MR) is 101 cm³/mol. The van der Waals surface area contributed by atoms with Gasteiger partial charge in [-0.05, 0) is 37.0 Å². The molecule has 0 atom stereocenters. The number of aryl methyl sites for hydroxylation is 1. The van der Waals surface area contributed by atoms with Crippen LogP contribution in [-0.2, 0) is 21.1 Å². The van der Waals surface area contributed by atoms with Gasteiger partial charge in [-0.2, -0.15) is 0 Å². The zero-order valence-corrected chi connectivity index (χ0v) is 15.9. The van der Waals surface area contributed by atoms with Crippen molar-refractivity contribution in [2.75, 3.05) is 33.1 Å². The van der Waals surface area contributed by atoms with Crippen molar-refractivity contribution in [1.29, 1.82) is 0 Å². The largest absolute Gasteiger partial charge is 0.377 e. The van der Waals surface area contributed by atoms with Crippen molar-refractivity contribution in [2.24, 2.45) is 4.99 Å². The van der Waals surface area contributed by atoms with Gasteiger partial charge >= 0.3 is 0 Å². The number of nitrogens with one attached hydrogen (secondary N) is 2. The van der Waals surface area contributed by atoms with E-state index in [0.29, 0.717) is 18.0 Å². The van der Waals surface area contributed by atoms with Crippen molar-refractivity contribution in [1.82, 2.24) is 10.6 Å². The highest BCUT2D eigenvalue weighted by Gasteiger charge is 2.11. The third-order valence-electron chi connectivity index (χ3n) is 4.12. The van der Waals surface area contributed by atoms with Crippen LogP contribution in [0.3, 0.4) is 0 Å². The number of aliphatic imine (C=N–C) groups is 1. The summed E-state index contributed by atoms with van der Waals surface area (Å²) < 4.78 is 28.6. The van der Waals surface area contributed by atoms with E-state index in [-0.39, 0.29) is 0 Å². The number of guanidine groups is 1. The zero-order valence-electron chi connectivity index (χ0n) is 15.1. The zero-order chi connectivity index (χ0) is 18.3. The number of hydrogen-bond donors (Lipinski definition) is 2. The Morgan fingerprint density at radius 2 is 2.12 bits per heavy atom. The molecular formula is C18H27N3O3S. The maximum absolute atomic E-state index is 11.7. The molecule has 2 rings (SSSR count). The second-order valence-corrected chi connectivity index (χ2v) is 8.15. The van der Waals surface area contributed by atoms with Crippen LogP contribution in [-0.4, -0.2) is 47.4 Å². The average molecular weight is 365 g/mol. The van der Waals surface area contributed by atoms with E-state index in [1.54, 1.807) is 13.1 Å². The molecule has 2 N–H and O–H groups in total. The second-order valence-electron chi connectivity index (χ2n) is 6.16. The van der Waals surface area contributed by atoms with Crippen LogP contribution < -0.4 is 10.6 Å². The van der Waals surface area contributed by atoms with Crippen molar-refractivity contribution in [2.45, 2.75) is 31.2 Å². The normalized spacial score (nSPS) is 15.6. The summed E-state index contributed by atoms with van der Waals surface area (Å²) in [5.41, 5.74) is 3.19. The highest BCUT2D eigenvalue weighted by atomic mass is 32.2. The first-order chi connectivity index (χ1) is 11.9. The van der Waals surface area contributed by atoms with Gasteiger partial charge in [0, 0.05) is 26.4 Å². The monoisotopic (exact) mass is 365 g/mol. The first-order valence-electron chi connectivity index (χ1n) is 8.40. The van der Waals surface area contributed by atoms with Crippen LogP contribution in [0.4, 0.5) is 0 Å². The Labute approximate surface area is 150 Å². The van der Waals surface area contributed by atoms with E-state index in [1.165, 1.54) is 11.8 Å². The molecule has 0 amide bonds. The predicted octanol–water partition coefficient (Wildman–Crippen LogP) is 1.80. The summed E-state index contributed by atoms with van der Waals surface area (Å²) in [7, 11) is -1.44. The van der Waals surface area contributed by atoms with Gasteiger partial charge in [0.1, 0.15) is 0 Å². The van der Waals surface area contributed by atoms with E-state index in [4.69, 9.17) is 4.74 Å². The Hall–Kier alpha value is -1.86. The minimum absolute atomic E-state index is 0.378. The van der Waals surface area contributed by atoms with E-state index in [1.807, 2.05) is 19.1 Å². The number of hydrogen-bond acceptors (Lipinski definition) is 4. The molecule has 138 valence electrons. The number of rotatable bonds is 6. The van der Waals surface area contributed by atoms with E-state index in [9.17, 15) is 8.42 Å². The fourth-order valence-corrected chi connectivity index (χ4v) is 3.74. The Balaban J connectivity index is 1.84. The third-order valence-corrected chi connectivity index (χ3v) is 5.38. The van der Waals surface area contributed by atoms with Crippen molar-refractivity contribution >= 4 is 15.8 Å². The molecule has 0 saturated heterocycles. The molecule has 0 saturated carbocycles. The molecule has 0 fully saturated rings. The van der Waals surface area contributed by atoms with Crippen LogP contribution in [0, 0.1) is 6.92 Å². The Morgan fingerprint density at radius 1 is 1.32 bits per heavy atom. The first kappa shape index (κ1) is 19.5. The fourth-order valence-electron chi connectivity index (χ4n) is 2.78. The van der Waals surface area contributed by atoms with E-state index >= 15 is 0 Å². The third kappa shape index (κ3) is 6.17. The lowest BCUT2D eigenvalue weighted by Gasteiger charge is -2.16. The smallest absolute Gasteiger partial charge is 0.191 e. The van der Waals surface area contributed by atoms with Crippen molar-refractivity contribution < 1.29 is 13.2 Å². The molecular weight excluding hydrogens is 338 g/mol. The van der Waals surface area contributed by atoms with Gasteiger partial charge in [0.25, 0.3) is 0 Å². The van der Waals surface area contributed by atoms with Gasteiger partial charge < -0.3 is 15.4 Å². The lowest BCUT2D eigenvalue weighted by atomic mass is 10.1. The maximum Gasteiger partial charge on any atom is 0.191 e. The summed E-state index contributed by atoms with van der Waals surface area (Å²) in [6.07, 6.45) is 5.35. The molecule has 0 aliphatic carbocycles. The lowest BCUT2D eigenvalue weighted by molar-refractivity contribution is 0.153. The summed E-state index contributed by atoms with van der Waals surface area (Å²) in [5, 5.41) is 6.55. The molecule has 7 heteroatoms. The molecule has 0 spiro atoms. The summed E-state index contributed by atoms with van der Waals surface area (Å²) in [4.78, 5) is 4.60. The second kappa shape index (κ2) is 9.01. The molecule has 6 nitrogen and oxygen atoms in total. The van der Waals surface area contributed by atoms with Gasteiger partial charge in [-0.1, -0.05) is 23.8 Å². The highest BCUT2D eigenvalue weighted by Crippen LogP contribution is 2.16. The van der Waals surface area contributed by atoms with Gasteiger partial charge in [0.2, 0.25) is 0 Å². The molecule has 25 heavy (non-hydrogen) atoms. The van der Waals surface area contributed by atoms with Crippen molar-refractivity contribution in [3.63, 3.8) is 0 Å². The molecule has 0 bridgehead atoms. The number of benzene rings is 1. The van der Waals surface area contributed by atoms with E-state index in [2.05, 4.69) is 21.7 Å². The van der Waals surface area contributed by atoms with E-state index in [0.717, 1.165) is 43.1 Å². The Bertz CT molecular complexity index is 755. The van der Waals surface area contributed by atoms with Gasteiger partial charge in [-0.15, -0.1) is 0 Å². The maximum atomic E-state index is 11.7. The topological polar surface area (TPSA) is 79.8 Å².